The lowest BCUT2D eigenvalue weighted by Gasteiger charge is -2.18. The van der Waals surface area contributed by atoms with Crippen molar-refractivity contribution in [3.05, 3.63) is 53.6 Å². The third-order valence-electron chi connectivity index (χ3n) is 3.43. The van der Waals surface area contributed by atoms with Gasteiger partial charge in [-0.3, -0.25) is 4.79 Å². The van der Waals surface area contributed by atoms with Crippen LogP contribution in [0.25, 0.3) is 0 Å². The second-order valence-corrected chi connectivity index (χ2v) is 5.13. The number of hydrogen-bond acceptors (Lipinski definition) is 4. The Labute approximate surface area is 123 Å². The number of ether oxygens (including phenoxy) is 2. The zero-order valence-corrected chi connectivity index (χ0v) is 12.1. The van der Waals surface area contributed by atoms with Crippen molar-refractivity contribution in [3.63, 3.8) is 0 Å². The quantitative estimate of drug-likeness (QED) is 0.812. The molecule has 0 bridgehead atoms. The third-order valence-corrected chi connectivity index (χ3v) is 3.43. The molecule has 0 N–H and O–H groups in total. The zero-order chi connectivity index (χ0) is 14.8. The minimum absolute atomic E-state index is 0.0179. The molecule has 0 amide bonds. The lowest BCUT2D eigenvalue weighted by atomic mass is 10.0. The number of rotatable bonds is 3. The van der Waals surface area contributed by atoms with Crippen molar-refractivity contribution in [1.82, 2.24) is 0 Å². The number of carbonyl (C=O) groups is 1. The Morgan fingerprint density at radius 3 is 2.43 bits per heavy atom. The molecule has 0 atom stereocenters. The number of anilines is 1. The van der Waals surface area contributed by atoms with Gasteiger partial charge in [0.15, 0.2) is 17.3 Å². The van der Waals surface area contributed by atoms with Crippen LogP contribution in [0.1, 0.15) is 15.9 Å². The minimum atomic E-state index is -0.0179. The summed E-state index contributed by atoms with van der Waals surface area (Å²) in [4.78, 5) is 14.6. The molecule has 108 valence electrons. The van der Waals surface area contributed by atoms with Gasteiger partial charge in [0.1, 0.15) is 13.2 Å². The molecule has 0 spiro atoms. The second-order valence-electron chi connectivity index (χ2n) is 5.13. The fourth-order valence-electron chi connectivity index (χ4n) is 2.28. The average Bonchev–Trinajstić information content (AvgIpc) is 2.53. The van der Waals surface area contributed by atoms with Crippen LogP contribution in [0.15, 0.2) is 42.5 Å². The van der Waals surface area contributed by atoms with Gasteiger partial charge in [0, 0.05) is 30.9 Å². The molecule has 0 fully saturated rings. The van der Waals surface area contributed by atoms with Crippen molar-refractivity contribution in [2.45, 2.75) is 0 Å². The summed E-state index contributed by atoms with van der Waals surface area (Å²) in [6.45, 7) is 1.06. The number of carbonyl (C=O) groups excluding carboxylic acids is 1. The molecule has 1 heterocycles. The SMILES string of the molecule is CN(C)c1cccc(C(=O)c2ccc3c(c2)OCCO3)c1. The zero-order valence-electron chi connectivity index (χ0n) is 12.1. The van der Waals surface area contributed by atoms with Crippen molar-refractivity contribution in [3.8, 4) is 11.5 Å². The van der Waals surface area contributed by atoms with Gasteiger partial charge in [0.05, 0.1) is 0 Å². The highest BCUT2D eigenvalue weighted by atomic mass is 16.6. The van der Waals surface area contributed by atoms with Crippen molar-refractivity contribution in [1.29, 1.82) is 0 Å². The number of ketones is 1. The molecule has 0 unspecified atom stereocenters. The molecule has 0 radical (unpaired) electrons. The molecule has 0 aromatic heterocycles. The number of nitrogens with zero attached hydrogens (tertiary/aromatic N) is 1. The molecule has 0 aliphatic carbocycles. The predicted octanol–water partition coefficient (Wildman–Crippen LogP) is 2.75. The summed E-state index contributed by atoms with van der Waals surface area (Å²) < 4.78 is 11.0. The standard InChI is InChI=1S/C17H17NO3/c1-18(2)14-5-3-4-12(10-14)17(19)13-6-7-15-16(11-13)21-9-8-20-15/h3-7,10-11H,8-9H2,1-2H3. The van der Waals surface area contributed by atoms with Gasteiger partial charge < -0.3 is 14.4 Å². The van der Waals surface area contributed by atoms with Crippen LogP contribution >= 0.6 is 0 Å². The molecule has 21 heavy (non-hydrogen) atoms. The number of hydrogen-bond donors (Lipinski definition) is 0. The Hall–Kier alpha value is -2.49. The fourth-order valence-corrected chi connectivity index (χ4v) is 2.28. The van der Waals surface area contributed by atoms with E-state index in [9.17, 15) is 4.79 Å². The smallest absolute Gasteiger partial charge is 0.193 e. The maximum Gasteiger partial charge on any atom is 0.193 e. The van der Waals surface area contributed by atoms with E-state index in [2.05, 4.69) is 0 Å². The van der Waals surface area contributed by atoms with E-state index >= 15 is 0 Å². The minimum Gasteiger partial charge on any atom is -0.486 e. The van der Waals surface area contributed by atoms with Crippen LogP contribution in [-0.4, -0.2) is 33.1 Å². The summed E-state index contributed by atoms with van der Waals surface area (Å²) in [5.41, 5.74) is 2.27. The molecule has 1 aliphatic rings. The molecule has 1 aliphatic heterocycles. The van der Waals surface area contributed by atoms with E-state index in [1.54, 1.807) is 18.2 Å². The first-order chi connectivity index (χ1) is 10.1. The molecule has 2 aromatic carbocycles. The topological polar surface area (TPSA) is 38.8 Å². The largest absolute Gasteiger partial charge is 0.486 e. The Morgan fingerprint density at radius 1 is 0.952 bits per heavy atom. The van der Waals surface area contributed by atoms with E-state index in [-0.39, 0.29) is 5.78 Å². The van der Waals surface area contributed by atoms with E-state index in [1.165, 1.54) is 0 Å². The van der Waals surface area contributed by atoms with Crippen LogP contribution in [0.5, 0.6) is 11.5 Å². The molecule has 4 nitrogen and oxygen atoms in total. The lowest BCUT2D eigenvalue weighted by Crippen LogP contribution is -2.16. The van der Waals surface area contributed by atoms with Gasteiger partial charge in [-0.2, -0.15) is 0 Å². The molecule has 0 saturated heterocycles. The monoisotopic (exact) mass is 283 g/mol. The molecular weight excluding hydrogens is 266 g/mol. The normalized spacial score (nSPS) is 12.9. The van der Waals surface area contributed by atoms with E-state index < -0.39 is 0 Å². The molecular formula is C17H17NO3. The van der Waals surface area contributed by atoms with Crippen LogP contribution in [0, 0.1) is 0 Å². The summed E-state index contributed by atoms with van der Waals surface area (Å²) in [6.07, 6.45) is 0. The van der Waals surface area contributed by atoms with Gasteiger partial charge in [-0.1, -0.05) is 12.1 Å². The van der Waals surface area contributed by atoms with Crippen LogP contribution in [0.3, 0.4) is 0 Å². The first kappa shape index (κ1) is 13.5. The Balaban J connectivity index is 1.93. The van der Waals surface area contributed by atoms with Gasteiger partial charge in [-0.15, -0.1) is 0 Å². The Morgan fingerprint density at radius 2 is 1.67 bits per heavy atom. The first-order valence-corrected chi connectivity index (χ1v) is 6.87. The van der Waals surface area contributed by atoms with Gasteiger partial charge >= 0.3 is 0 Å². The fraction of sp³-hybridized carbons (Fsp3) is 0.235. The van der Waals surface area contributed by atoms with Gasteiger partial charge in [0.25, 0.3) is 0 Å². The maximum atomic E-state index is 12.6. The van der Waals surface area contributed by atoms with Crippen LogP contribution < -0.4 is 14.4 Å². The third kappa shape index (κ3) is 2.70. The Bertz CT molecular complexity index is 679. The van der Waals surface area contributed by atoms with Gasteiger partial charge in [0.2, 0.25) is 0 Å². The second kappa shape index (κ2) is 5.48. The van der Waals surface area contributed by atoms with E-state index in [0.29, 0.717) is 35.8 Å². The number of benzene rings is 2. The highest BCUT2D eigenvalue weighted by Crippen LogP contribution is 2.31. The molecule has 4 heteroatoms. The highest BCUT2D eigenvalue weighted by Gasteiger charge is 2.16. The predicted molar refractivity (Wildman–Crippen MR) is 81.6 cm³/mol. The summed E-state index contributed by atoms with van der Waals surface area (Å²) in [5, 5.41) is 0. The van der Waals surface area contributed by atoms with Gasteiger partial charge in [-0.25, -0.2) is 0 Å². The first-order valence-electron chi connectivity index (χ1n) is 6.87. The number of fused-ring (bicyclic) bond motifs is 1. The summed E-state index contributed by atoms with van der Waals surface area (Å²) in [7, 11) is 3.90. The molecule has 3 rings (SSSR count). The molecule has 2 aromatic rings. The maximum absolute atomic E-state index is 12.6. The van der Waals surface area contributed by atoms with Crippen molar-refractivity contribution >= 4 is 11.5 Å². The van der Waals surface area contributed by atoms with Crippen molar-refractivity contribution < 1.29 is 14.3 Å². The van der Waals surface area contributed by atoms with Gasteiger partial charge in [-0.05, 0) is 30.3 Å². The van der Waals surface area contributed by atoms with Crippen LogP contribution in [-0.2, 0) is 0 Å². The highest BCUT2D eigenvalue weighted by molar-refractivity contribution is 6.09. The lowest BCUT2D eigenvalue weighted by molar-refractivity contribution is 0.103. The Kier molecular flexibility index (Phi) is 3.52. The summed E-state index contributed by atoms with van der Waals surface area (Å²) >= 11 is 0. The van der Waals surface area contributed by atoms with E-state index in [0.717, 1.165) is 5.69 Å². The van der Waals surface area contributed by atoms with Crippen molar-refractivity contribution in [2.75, 3.05) is 32.2 Å². The van der Waals surface area contributed by atoms with Crippen molar-refractivity contribution in [2.24, 2.45) is 0 Å². The van der Waals surface area contributed by atoms with E-state index in [4.69, 9.17) is 9.47 Å². The van der Waals surface area contributed by atoms with E-state index in [1.807, 2.05) is 43.3 Å². The summed E-state index contributed by atoms with van der Waals surface area (Å²) in [5.74, 6) is 1.31. The average molecular weight is 283 g/mol. The van der Waals surface area contributed by atoms with Crippen LogP contribution in [0.2, 0.25) is 0 Å². The molecule has 0 saturated carbocycles. The summed E-state index contributed by atoms with van der Waals surface area (Å²) in [6, 6.07) is 12.9. The van der Waals surface area contributed by atoms with Crippen LogP contribution in [0.4, 0.5) is 5.69 Å².